The summed E-state index contributed by atoms with van der Waals surface area (Å²) in [5.74, 6) is 1.07. The van der Waals surface area contributed by atoms with Crippen molar-refractivity contribution in [3.63, 3.8) is 0 Å². The minimum absolute atomic E-state index is 0.160. The summed E-state index contributed by atoms with van der Waals surface area (Å²) in [5, 5.41) is 0. The molecule has 0 spiro atoms. The van der Waals surface area contributed by atoms with Gasteiger partial charge in [-0.15, -0.1) is 0 Å². The van der Waals surface area contributed by atoms with Gasteiger partial charge in [-0.3, -0.25) is 14.6 Å². The smallest absolute Gasteiger partial charge is 0.236 e. The number of nitrogens with zero attached hydrogens (tertiary/aromatic N) is 3. The molecule has 1 aliphatic rings. The Kier molecular flexibility index (Phi) is 8.68. The van der Waals surface area contributed by atoms with Gasteiger partial charge in [0.25, 0.3) is 0 Å². The van der Waals surface area contributed by atoms with Crippen molar-refractivity contribution < 1.29 is 14.3 Å². The van der Waals surface area contributed by atoms with Crippen LogP contribution in [-0.2, 0) is 9.53 Å². The third kappa shape index (κ3) is 6.55. The number of ether oxygens (including phenoxy) is 2. The van der Waals surface area contributed by atoms with E-state index >= 15 is 0 Å². The third-order valence-corrected chi connectivity index (χ3v) is 5.53. The summed E-state index contributed by atoms with van der Waals surface area (Å²) in [7, 11) is 3.64. The quantitative estimate of drug-likeness (QED) is 0.601. The maximum Gasteiger partial charge on any atom is 0.236 e. The Morgan fingerprint density at radius 1 is 1.00 bits per heavy atom. The normalized spacial score (nSPS) is 15.9. The molecule has 162 valence electrons. The molecule has 1 aliphatic heterocycles. The molecule has 0 N–H and O–H groups in total. The molecule has 1 saturated heterocycles. The number of carbonyl (C=O) groups excluding carboxylic acids is 1. The fraction of sp³-hybridized carbons (Fsp3) is 0.458. The topological polar surface area (TPSA) is 45.2 Å². The standard InChI is InChI=1S/C24H33N3O3/c1-25(17-18-29-2)19-24(28)27-15-13-26(14-16-27)23(21-9-5-3-6-10-21)20-30-22-11-7-4-8-12-22/h3-12,23H,13-20H2,1-2H3. The lowest BCUT2D eigenvalue weighted by molar-refractivity contribution is -0.134. The average molecular weight is 412 g/mol. The molecule has 6 heteroatoms. The Morgan fingerprint density at radius 2 is 1.63 bits per heavy atom. The molecule has 1 unspecified atom stereocenters. The predicted octanol–water partition coefficient (Wildman–Crippen LogP) is 2.53. The van der Waals surface area contributed by atoms with Crippen LogP contribution in [0.2, 0.25) is 0 Å². The van der Waals surface area contributed by atoms with Crippen molar-refractivity contribution >= 4 is 5.91 Å². The second-order valence-electron chi connectivity index (χ2n) is 7.70. The minimum atomic E-state index is 0.160. The molecule has 0 aliphatic carbocycles. The van der Waals surface area contributed by atoms with E-state index in [-0.39, 0.29) is 11.9 Å². The Bertz CT molecular complexity index is 749. The second-order valence-corrected chi connectivity index (χ2v) is 7.70. The summed E-state index contributed by atoms with van der Waals surface area (Å²) in [6, 6.07) is 20.6. The van der Waals surface area contributed by atoms with Crippen LogP contribution in [0.5, 0.6) is 5.75 Å². The molecule has 0 saturated carbocycles. The lowest BCUT2D eigenvalue weighted by Gasteiger charge is -2.39. The molecule has 1 atom stereocenters. The first kappa shape index (κ1) is 22.3. The summed E-state index contributed by atoms with van der Waals surface area (Å²) in [6.07, 6.45) is 0. The van der Waals surface area contributed by atoms with Gasteiger partial charge in [0.15, 0.2) is 0 Å². The largest absolute Gasteiger partial charge is 0.492 e. The highest BCUT2D eigenvalue weighted by molar-refractivity contribution is 5.78. The molecule has 0 radical (unpaired) electrons. The van der Waals surface area contributed by atoms with Crippen molar-refractivity contribution in [3.8, 4) is 5.75 Å². The second kappa shape index (κ2) is 11.7. The summed E-state index contributed by atoms with van der Waals surface area (Å²) in [4.78, 5) is 19.0. The number of methoxy groups -OCH3 is 1. The first-order valence-electron chi connectivity index (χ1n) is 10.6. The molecule has 30 heavy (non-hydrogen) atoms. The van der Waals surface area contributed by atoms with Crippen molar-refractivity contribution in [1.82, 2.24) is 14.7 Å². The molecule has 1 heterocycles. The van der Waals surface area contributed by atoms with E-state index in [4.69, 9.17) is 9.47 Å². The van der Waals surface area contributed by atoms with E-state index in [9.17, 15) is 4.79 Å². The van der Waals surface area contributed by atoms with Gasteiger partial charge in [0, 0.05) is 39.8 Å². The van der Waals surface area contributed by atoms with Crippen LogP contribution in [0.3, 0.4) is 0 Å². The Morgan fingerprint density at radius 3 is 2.27 bits per heavy atom. The number of para-hydroxylation sites is 1. The fourth-order valence-electron chi connectivity index (χ4n) is 3.72. The van der Waals surface area contributed by atoms with Gasteiger partial charge in [0.1, 0.15) is 12.4 Å². The molecule has 0 bridgehead atoms. The van der Waals surface area contributed by atoms with E-state index in [0.717, 1.165) is 38.5 Å². The molecule has 2 aromatic rings. The first-order valence-corrected chi connectivity index (χ1v) is 10.6. The number of benzene rings is 2. The van der Waals surface area contributed by atoms with Crippen LogP contribution in [0, 0.1) is 0 Å². The number of hydrogen-bond acceptors (Lipinski definition) is 5. The number of hydrogen-bond donors (Lipinski definition) is 0. The molecule has 3 rings (SSSR count). The summed E-state index contributed by atoms with van der Waals surface area (Å²) >= 11 is 0. The molecule has 0 aromatic heterocycles. The van der Waals surface area contributed by atoms with Crippen molar-refractivity contribution in [2.75, 3.05) is 66.6 Å². The van der Waals surface area contributed by atoms with E-state index in [1.54, 1.807) is 7.11 Å². The summed E-state index contributed by atoms with van der Waals surface area (Å²) in [5.41, 5.74) is 1.24. The number of rotatable bonds is 10. The fourth-order valence-corrected chi connectivity index (χ4v) is 3.72. The van der Waals surface area contributed by atoms with E-state index in [1.807, 2.05) is 53.2 Å². The van der Waals surface area contributed by atoms with E-state index in [1.165, 1.54) is 5.56 Å². The van der Waals surface area contributed by atoms with Crippen LogP contribution in [0.15, 0.2) is 60.7 Å². The van der Waals surface area contributed by atoms with Crippen LogP contribution >= 0.6 is 0 Å². The van der Waals surface area contributed by atoms with Crippen LogP contribution in [0.4, 0.5) is 0 Å². The van der Waals surface area contributed by atoms with Crippen LogP contribution < -0.4 is 4.74 Å². The van der Waals surface area contributed by atoms with Gasteiger partial charge in [-0.2, -0.15) is 0 Å². The van der Waals surface area contributed by atoms with Gasteiger partial charge in [-0.25, -0.2) is 0 Å². The predicted molar refractivity (Wildman–Crippen MR) is 119 cm³/mol. The zero-order chi connectivity index (χ0) is 21.2. The maximum absolute atomic E-state index is 12.6. The van der Waals surface area contributed by atoms with Gasteiger partial charge >= 0.3 is 0 Å². The lowest BCUT2D eigenvalue weighted by atomic mass is 10.0. The molecular formula is C24H33N3O3. The Labute approximate surface area is 180 Å². The Balaban J connectivity index is 1.57. The van der Waals surface area contributed by atoms with Crippen LogP contribution in [0.25, 0.3) is 0 Å². The van der Waals surface area contributed by atoms with Gasteiger partial charge in [-0.1, -0.05) is 48.5 Å². The lowest BCUT2D eigenvalue weighted by Crippen LogP contribution is -2.52. The van der Waals surface area contributed by atoms with Gasteiger partial charge in [0.2, 0.25) is 5.91 Å². The van der Waals surface area contributed by atoms with Gasteiger partial charge in [-0.05, 0) is 24.7 Å². The van der Waals surface area contributed by atoms with Gasteiger partial charge < -0.3 is 14.4 Å². The zero-order valence-electron chi connectivity index (χ0n) is 18.1. The summed E-state index contributed by atoms with van der Waals surface area (Å²) in [6.45, 7) is 5.57. The number of piperazine rings is 1. The Hall–Kier alpha value is -2.41. The number of amides is 1. The number of carbonyl (C=O) groups is 1. The van der Waals surface area contributed by atoms with E-state index in [0.29, 0.717) is 19.8 Å². The van der Waals surface area contributed by atoms with Crippen molar-refractivity contribution in [1.29, 1.82) is 0 Å². The zero-order valence-corrected chi connectivity index (χ0v) is 18.1. The first-order chi connectivity index (χ1) is 14.7. The van der Waals surface area contributed by atoms with E-state index < -0.39 is 0 Å². The highest BCUT2D eigenvalue weighted by Crippen LogP contribution is 2.24. The van der Waals surface area contributed by atoms with Gasteiger partial charge in [0.05, 0.1) is 19.2 Å². The molecular weight excluding hydrogens is 378 g/mol. The summed E-state index contributed by atoms with van der Waals surface area (Å²) < 4.78 is 11.2. The van der Waals surface area contributed by atoms with E-state index in [2.05, 4.69) is 29.2 Å². The van der Waals surface area contributed by atoms with Crippen LogP contribution in [0.1, 0.15) is 11.6 Å². The minimum Gasteiger partial charge on any atom is -0.492 e. The van der Waals surface area contributed by atoms with Crippen molar-refractivity contribution in [3.05, 3.63) is 66.2 Å². The average Bonchev–Trinajstić information content (AvgIpc) is 2.79. The third-order valence-electron chi connectivity index (χ3n) is 5.53. The number of likely N-dealkylation sites (N-methyl/N-ethyl adjacent to an activating group) is 1. The SMILES string of the molecule is COCCN(C)CC(=O)N1CCN(C(COc2ccccc2)c2ccccc2)CC1. The highest BCUT2D eigenvalue weighted by Gasteiger charge is 2.27. The van der Waals surface area contributed by atoms with Crippen molar-refractivity contribution in [2.24, 2.45) is 0 Å². The molecule has 1 amide bonds. The highest BCUT2D eigenvalue weighted by atomic mass is 16.5. The van der Waals surface area contributed by atoms with Crippen LogP contribution in [-0.4, -0.2) is 87.2 Å². The van der Waals surface area contributed by atoms with Crippen molar-refractivity contribution in [2.45, 2.75) is 6.04 Å². The molecule has 2 aromatic carbocycles. The molecule has 6 nitrogen and oxygen atoms in total. The molecule has 1 fully saturated rings. The maximum atomic E-state index is 12.6. The monoisotopic (exact) mass is 411 g/mol.